The number of hydrogen-bond acceptors (Lipinski definition) is 9. The highest BCUT2D eigenvalue weighted by atomic mass is 16.6. The van der Waals surface area contributed by atoms with Crippen LogP contribution in [0, 0.1) is 6.92 Å². The van der Waals surface area contributed by atoms with E-state index in [1.165, 1.54) is 12.0 Å². The van der Waals surface area contributed by atoms with Crippen LogP contribution >= 0.6 is 0 Å². The summed E-state index contributed by atoms with van der Waals surface area (Å²) in [4.78, 5) is 37.0. The van der Waals surface area contributed by atoms with Gasteiger partial charge in [-0.1, -0.05) is 32.9 Å². The van der Waals surface area contributed by atoms with Gasteiger partial charge in [0.05, 0.1) is 19.3 Å². The molecule has 2 aromatic rings. The van der Waals surface area contributed by atoms with Crippen LogP contribution in [-0.2, 0) is 14.9 Å². The minimum atomic E-state index is -0.907. The molecule has 0 aliphatic carbocycles. The van der Waals surface area contributed by atoms with Crippen molar-refractivity contribution in [1.29, 1.82) is 0 Å². The highest BCUT2D eigenvalue weighted by molar-refractivity contribution is 5.68. The third-order valence-electron chi connectivity index (χ3n) is 6.85. The molecule has 1 atom stereocenters. The summed E-state index contributed by atoms with van der Waals surface area (Å²) in [5.41, 5.74) is 1.88. The van der Waals surface area contributed by atoms with E-state index in [-0.39, 0.29) is 30.7 Å². The van der Waals surface area contributed by atoms with E-state index >= 15 is 0 Å². The molecule has 0 bridgehead atoms. The number of aliphatic hydroxyl groups is 1. The Morgan fingerprint density at radius 2 is 1.81 bits per heavy atom. The van der Waals surface area contributed by atoms with Gasteiger partial charge in [-0.2, -0.15) is 0 Å². The van der Waals surface area contributed by atoms with Crippen molar-refractivity contribution in [2.75, 3.05) is 45.7 Å². The molecule has 0 saturated carbocycles. The largest absolute Gasteiger partial charge is 0.491 e. The van der Waals surface area contributed by atoms with E-state index in [1.54, 1.807) is 38.8 Å². The molecular weight excluding hydrogens is 538 g/mol. The first kappa shape index (κ1) is 32.9. The van der Waals surface area contributed by atoms with E-state index in [0.717, 1.165) is 35.5 Å². The number of carbonyl (C=O) groups is 2. The number of amides is 2. The summed E-state index contributed by atoms with van der Waals surface area (Å²) in [6, 6.07) is 7.60. The minimum absolute atomic E-state index is 0.00430. The van der Waals surface area contributed by atoms with Crippen LogP contribution in [0.1, 0.15) is 65.6 Å². The van der Waals surface area contributed by atoms with Crippen molar-refractivity contribution in [3.8, 4) is 17.1 Å². The van der Waals surface area contributed by atoms with Gasteiger partial charge in [0.15, 0.2) is 5.82 Å². The Labute approximate surface area is 249 Å². The molecule has 1 saturated heterocycles. The van der Waals surface area contributed by atoms with E-state index in [4.69, 9.17) is 24.2 Å². The molecule has 3 rings (SSSR count). The average molecular weight is 586 g/mol. The second-order valence-corrected chi connectivity index (χ2v) is 12.8. The molecule has 0 radical (unpaired) electrons. The zero-order valence-corrected chi connectivity index (χ0v) is 26.5. The Morgan fingerprint density at radius 1 is 1.14 bits per heavy atom. The van der Waals surface area contributed by atoms with Gasteiger partial charge < -0.3 is 34.4 Å². The second-order valence-electron chi connectivity index (χ2n) is 12.8. The number of carbonyl (C=O) groups excluding carboxylic acids is 2. The number of piperidine rings is 1. The summed E-state index contributed by atoms with van der Waals surface area (Å²) in [5.74, 6) is 1.89. The average Bonchev–Trinajstić information content (AvgIpc) is 2.91. The number of anilines is 1. The monoisotopic (exact) mass is 585 g/mol. The predicted octanol–water partition coefficient (Wildman–Crippen LogP) is 5.00. The summed E-state index contributed by atoms with van der Waals surface area (Å²) in [5, 5.41) is 14.1. The van der Waals surface area contributed by atoms with E-state index in [0.29, 0.717) is 24.7 Å². The lowest BCUT2D eigenvalue weighted by Gasteiger charge is -2.32. The number of ether oxygens (including phenoxy) is 3. The number of nitrogens with one attached hydrogen (secondary N) is 1. The van der Waals surface area contributed by atoms with Gasteiger partial charge >= 0.3 is 12.2 Å². The molecule has 1 fully saturated rings. The summed E-state index contributed by atoms with van der Waals surface area (Å²) in [6.45, 7) is 15.1. The minimum Gasteiger partial charge on any atom is -0.491 e. The highest BCUT2D eigenvalue weighted by Gasteiger charge is 2.27. The van der Waals surface area contributed by atoms with E-state index in [9.17, 15) is 14.7 Å². The van der Waals surface area contributed by atoms with Crippen molar-refractivity contribution in [2.45, 2.75) is 84.5 Å². The van der Waals surface area contributed by atoms with E-state index in [2.05, 4.69) is 26.1 Å². The number of aliphatic hydroxyl groups excluding tert-OH is 1. The lowest BCUT2D eigenvalue weighted by Crippen LogP contribution is -2.42. The van der Waals surface area contributed by atoms with Crippen LogP contribution in [0.15, 0.2) is 24.3 Å². The van der Waals surface area contributed by atoms with Gasteiger partial charge in [0.2, 0.25) is 0 Å². The van der Waals surface area contributed by atoms with Crippen LogP contribution < -0.4 is 10.1 Å². The molecule has 0 spiro atoms. The molecule has 11 nitrogen and oxygen atoms in total. The van der Waals surface area contributed by atoms with Crippen LogP contribution in [0.3, 0.4) is 0 Å². The van der Waals surface area contributed by atoms with Crippen molar-refractivity contribution in [3.05, 3.63) is 35.5 Å². The van der Waals surface area contributed by atoms with Gasteiger partial charge in [-0.25, -0.2) is 19.6 Å². The van der Waals surface area contributed by atoms with Crippen LogP contribution in [0.2, 0.25) is 0 Å². The summed E-state index contributed by atoms with van der Waals surface area (Å²) in [6.07, 6.45) is -0.140. The van der Waals surface area contributed by atoms with Crippen molar-refractivity contribution in [3.63, 3.8) is 0 Å². The van der Waals surface area contributed by atoms with E-state index < -0.39 is 17.8 Å². The SMILES string of the molecule is COC(=O)N1CCC(Nc2nc(-c3cccc(OC[C@@H](O)CN(C)C(=O)OC(C)(C)C)c3)nc(C(C)(C)C)c2C)CC1. The molecule has 1 aliphatic rings. The van der Waals surface area contributed by atoms with Gasteiger partial charge in [-0.05, 0) is 52.7 Å². The fraction of sp³-hybridized carbons (Fsp3) is 0.613. The second kappa shape index (κ2) is 13.6. The molecule has 1 aromatic carbocycles. The zero-order valence-electron chi connectivity index (χ0n) is 26.5. The standard InChI is InChI=1S/C31H47N5O6/c1-20-25(30(2,3)4)33-27(34-26(20)32-22-13-15-36(16-14-22)29(39)40-9)21-11-10-12-24(17-21)41-19-23(37)18-35(8)28(38)42-31(5,6)7/h10-12,17,22-23,37H,13-16,18-19H2,1-9H3,(H,32,33,34)/t23-/m0/s1. The van der Waals surface area contributed by atoms with Gasteiger partial charge in [-0.3, -0.25) is 0 Å². The predicted molar refractivity (Wildman–Crippen MR) is 162 cm³/mol. The summed E-state index contributed by atoms with van der Waals surface area (Å²) >= 11 is 0. The quantitative estimate of drug-likeness (QED) is 0.440. The third kappa shape index (κ3) is 9.20. The molecule has 232 valence electrons. The molecular formula is C31H47N5O6. The number of likely N-dealkylation sites (tertiary alicyclic amines) is 1. The Balaban J connectivity index is 1.74. The number of benzene rings is 1. The van der Waals surface area contributed by atoms with Crippen molar-refractivity contribution >= 4 is 18.0 Å². The van der Waals surface area contributed by atoms with Gasteiger partial charge in [0.1, 0.15) is 29.9 Å². The lowest BCUT2D eigenvalue weighted by molar-refractivity contribution is 0.0154. The molecule has 1 aliphatic heterocycles. The Kier molecular flexibility index (Phi) is 10.6. The number of rotatable bonds is 8. The molecule has 2 heterocycles. The first-order valence-electron chi connectivity index (χ1n) is 14.4. The maximum atomic E-state index is 12.2. The number of nitrogens with zero attached hydrogens (tertiary/aromatic N) is 4. The molecule has 1 aromatic heterocycles. The number of aromatic nitrogens is 2. The summed E-state index contributed by atoms with van der Waals surface area (Å²) < 4.78 is 16.1. The van der Waals surface area contributed by atoms with E-state index in [1.807, 2.05) is 25.1 Å². The Bertz CT molecular complexity index is 1230. The molecule has 11 heteroatoms. The Hall–Kier alpha value is -3.60. The smallest absolute Gasteiger partial charge is 0.410 e. The topological polar surface area (TPSA) is 126 Å². The van der Waals surface area contributed by atoms with Crippen molar-refractivity contribution < 1.29 is 28.9 Å². The molecule has 2 amide bonds. The maximum Gasteiger partial charge on any atom is 0.410 e. The maximum absolute atomic E-state index is 12.2. The molecule has 2 N–H and O–H groups in total. The highest BCUT2D eigenvalue weighted by Crippen LogP contribution is 2.32. The van der Waals surface area contributed by atoms with Gasteiger partial charge in [0.25, 0.3) is 0 Å². The number of likely N-dealkylation sites (N-methyl/N-ethyl adjacent to an activating group) is 1. The fourth-order valence-electron chi connectivity index (χ4n) is 4.75. The lowest BCUT2D eigenvalue weighted by atomic mass is 9.88. The third-order valence-corrected chi connectivity index (χ3v) is 6.85. The fourth-order valence-corrected chi connectivity index (χ4v) is 4.75. The van der Waals surface area contributed by atoms with Gasteiger partial charge in [-0.15, -0.1) is 0 Å². The molecule has 0 unspecified atom stereocenters. The number of hydrogen-bond donors (Lipinski definition) is 2. The Morgan fingerprint density at radius 3 is 2.40 bits per heavy atom. The molecule has 42 heavy (non-hydrogen) atoms. The first-order chi connectivity index (χ1) is 19.6. The summed E-state index contributed by atoms with van der Waals surface area (Å²) in [7, 11) is 2.98. The van der Waals surface area contributed by atoms with Crippen LogP contribution in [0.25, 0.3) is 11.4 Å². The van der Waals surface area contributed by atoms with Crippen LogP contribution in [-0.4, -0.2) is 95.2 Å². The van der Waals surface area contributed by atoms with Crippen LogP contribution in [0.4, 0.5) is 15.4 Å². The normalized spacial score (nSPS) is 15.1. The first-order valence-corrected chi connectivity index (χ1v) is 14.4. The van der Waals surface area contributed by atoms with Gasteiger partial charge in [0, 0.05) is 42.7 Å². The van der Waals surface area contributed by atoms with Crippen molar-refractivity contribution in [2.24, 2.45) is 0 Å². The van der Waals surface area contributed by atoms with Crippen molar-refractivity contribution in [1.82, 2.24) is 19.8 Å². The van der Waals surface area contributed by atoms with Crippen LogP contribution in [0.5, 0.6) is 5.75 Å². The number of methoxy groups -OCH3 is 1. The zero-order chi connectivity index (χ0) is 31.2.